The SMILES string of the molecule is O=C(O)C(CC(CO)(CO)CO)C(=O)O. The third-order valence-corrected chi connectivity index (χ3v) is 2.24. The van der Waals surface area contributed by atoms with Crippen LogP contribution >= 0.6 is 0 Å². The molecule has 0 saturated heterocycles. The first kappa shape index (κ1) is 13.8. The van der Waals surface area contributed by atoms with Crippen molar-refractivity contribution >= 4 is 11.9 Å². The van der Waals surface area contributed by atoms with Crippen LogP contribution in [0.25, 0.3) is 0 Å². The van der Waals surface area contributed by atoms with Gasteiger partial charge in [0, 0.05) is 5.41 Å². The second kappa shape index (κ2) is 5.64. The summed E-state index contributed by atoms with van der Waals surface area (Å²) in [6.45, 7) is -2.05. The summed E-state index contributed by atoms with van der Waals surface area (Å²) in [5.74, 6) is -4.89. The molecule has 5 N–H and O–H groups in total. The van der Waals surface area contributed by atoms with Crippen molar-refractivity contribution in [1.82, 2.24) is 0 Å². The summed E-state index contributed by atoms with van der Waals surface area (Å²) in [5.41, 5.74) is -1.48. The molecule has 0 aromatic heterocycles. The van der Waals surface area contributed by atoms with Gasteiger partial charge in [-0.05, 0) is 6.42 Å². The number of carboxylic acid groups (broad SMARTS) is 2. The van der Waals surface area contributed by atoms with Crippen LogP contribution in [-0.4, -0.2) is 57.3 Å². The van der Waals surface area contributed by atoms with E-state index < -0.39 is 49.5 Å². The van der Waals surface area contributed by atoms with E-state index >= 15 is 0 Å². The number of hydrogen-bond acceptors (Lipinski definition) is 5. The van der Waals surface area contributed by atoms with E-state index in [2.05, 4.69) is 0 Å². The Morgan fingerprint density at radius 2 is 1.27 bits per heavy atom. The van der Waals surface area contributed by atoms with Crippen LogP contribution in [0.3, 0.4) is 0 Å². The highest BCUT2D eigenvalue weighted by molar-refractivity contribution is 5.92. The predicted molar refractivity (Wildman–Crippen MR) is 47.1 cm³/mol. The first-order chi connectivity index (χ1) is 6.92. The monoisotopic (exact) mass is 222 g/mol. The van der Waals surface area contributed by atoms with Gasteiger partial charge in [-0.15, -0.1) is 0 Å². The summed E-state index contributed by atoms with van der Waals surface area (Å²) in [4.78, 5) is 21.1. The topological polar surface area (TPSA) is 135 Å². The molecule has 0 radical (unpaired) electrons. The van der Waals surface area contributed by atoms with Crippen molar-refractivity contribution in [2.75, 3.05) is 19.8 Å². The Balaban J connectivity index is 4.76. The Morgan fingerprint density at radius 1 is 0.933 bits per heavy atom. The maximum Gasteiger partial charge on any atom is 0.317 e. The minimum absolute atomic E-state index is 0.527. The fraction of sp³-hybridized carbons (Fsp3) is 0.750. The molecule has 0 rings (SSSR count). The van der Waals surface area contributed by atoms with E-state index in [0.717, 1.165) is 0 Å². The van der Waals surface area contributed by atoms with Gasteiger partial charge in [0.05, 0.1) is 19.8 Å². The highest BCUT2D eigenvalue weighted by Gasteiger charge is 2.38. The van der Waals surface area contributed by atoms with Crippen LogP contribution in [0.15, 0.2) is 0 Å². The highest BCUT2D eigenvalue weighted by Crippen LogP contribution is 2.25. The maximum atomic E-state index is 10.5. The minimum Gasteiger partial charge on any atom is -0.481 e. The van der Waals surface area contributed by atoms with Crippen molar-refractivity contribution < 1.29 is 35.1 Å². The normalized spacial score (nSPS) is 11.7. The van der Waals surface area contributed by atoms with Crippen molar-refractivity contribution in [3.05, 3.63) is 0 Å². The predicted octanol–water partition coefficient (Wildman–Crippen LogP) is -1.87. The van der Waals surface area contributed by atoms with Gasteiger partial charge >= 0.3 is 11.9 Å². The summed E-state index contributed by atoms with van der Waals surface area (Å²) in [6.07, 6.45) is -0.527. The summed E-state index contributed by atoms with van der Waals surface area (Å²) >= 11 is 0. The number of aliphatic carboxylic acids is 2. The Morgan fingerprint density at radius 3 is 1.47 bits per heavy atom. The van der Waals surface area contributed by atoms with E-state index in [-0.39, 0.29) is 0 Å². The molecule has 0 saturated carbocycles. The number of carboxylic acids is 2. The Hall–Kier alpha value is -1.18. The van der Waals surface area contributed by atoms with E-state index in [1.54, 1.807) is 0 Å². The van der Waals surface area contributed by atoms with E-state index in [9.17, 15) is 9.59 Å². The molecule has 0 aromatic carbocycles. The van der Waals surface area contributed by atoms with Crippen LogP contribution < -0.4 is 0 Å². The molecule has 88 valence electrons. The van der Waals surface area contributed by atoms with Gasteiger partial charge in [-0.1, -0.05) is 0 Å². The van der Waals surface area contributed by atoms with E-state index in [4.69, 9.17) is 25.5 Å². The minimum atomic E-state index is -1.75. The molecule has 0 aliphatic carbocycles. The van der Waals surface area contributed by atoms with Gasteiger partial charge in [0.2, 0.25) is 0 Å². The van der Waals surface area contributed by atoms with Gasteiger partial charge in [-0.3, -0.25) is 9.59 Å². The summed E-state index contributed by atoms with van der Waals surface area (Å²) in [6, 6.07) is 0. The molecule has 15 heavy (non-hydrogen) atoms. The molecule has 0 fully saturated rings. The van der Waals surface area contributed by atoms with Crippen molar-refractivity contribution in [2.24, 2.45) is 11.3 Å². The van der Waals surface area contributed by atoms with Crippen LogP contribution in [0, 0.1) is 11.3 Å². The lowest BCUT2D eigenvalue weighted by Crippen LogP contribution is -2.40. The average molecular weight is 222 g/mol. The number of hydrogen-bond donors (Lipinski definition) is 5. The molecule has 0 spiro atoms. The zero-order chi connectivity index (χ0) is 12.1. The average Bonchev–Trinajstić information content (AvgIpc) is 2.20. The summed E-state index contributed by atoms with van der Waals surface area (Å²) in [5, 5.41) is 43.8. The molecule has 0 aromatic rings. The van der Waals surface area contributed by atoms with Gasteiger partial charge in [-0.25, -0.2) is 0 Å². The molecule has 0 unspecified atom stereocenters. The van der Waals surface area contributed by atoms with Crippen LogP contribution in [-0.2, 0) is 9.59 Å². The van der Waals surface area contributed by atoms with Crippen molar-refractivity contribution in [2.45, 2.75) is 6.42 Å². The van der Waals surface area contributed by atoms with E-state index in [1.165, 1.54) is 0 Å². The second-order valence-electron chi connectivity index (χ2n) is 3.41. The van der Waals surface area contributed by atoms with Crippen LogP contribution in [0.4, 0.5) is 0 Å². The quantitative estimate of drug-likeness (QED) is 0.318. The number of aliphatic hydroxyl groups excluding tert-OH is 3. The number of aliphatic hydroxyl groups is 3. The number of rotatable bonds is 7. The molecule has 0 heterocycles. The van der Waals surface area contributed by atoms with Crippen LogP contribution in [0.5, 0.6) is 0 Å². The first-order valence-corrected chi connectivity index (χ1v) is 4.20. The molecule has 0 aliphatic heterocycles. The van der Waals surface area contributed by atoms with E-state index in [0.29, 0.717) is 0 Å². The molecular weight excluding hydrogens is 208 g/mol. The first-order valence-electron chi connectivity index (χ1n) is 4.20. The standard InChI is InChI=1S/C8H14O7/c9-2-8(3-10,4-11)1-5(6(12)13)7(14)15/h5,9-11H,1-4H2,(H,12,13)(H,14,15). The lowest BCUT2D eigenvalue weighted by atomic mass is 9.81. The molecule has 0 bridgehead atoms. The maximum absolute atomic E-state index is 10.5. The molecule has 0 atom stereocenters. The Kier molecular flexibility index (Phi) is 5.20. The van der Waals surface area contributed by atoms with Crippen LogP contribution in [0.1, 0.15) is 6.42 Å². The number of carbonyl (C=O) groups is 2. The third-order valence-electron chi connectivity index (χ3n) is 2.24. The largest absolute Gasteiger partial charge is 0.481 e. The summed E-state index contributed by atoms with van der Waals surface area (Å²) in [7, 11) is 0. The molecule has 0 amide bonds. The smallest absolute Gasteiger partial charge is 0.317 e. The molecule has 0 aliphatic rings. The van der Waals surface area contributed by atoms with Crippen molar-refractivity contribution in [3.8, 4) is 0 Å². The fourth-order valence-corrected chi connectivity index (χ4v) is 1.06. The molecule has 7 heteroatoms. The van der Waals surface area contributed by atoms with Crippen LogP contribution in [0.2, 0.25) is 0 Å². The Labute approximate surface area is 85.6 Å². The second-order valence-corrected chi connectivity index (χ2v) is 3.41. The van der Waals surface area contributed by atoms with Crippen molar-refractivity contribution in [1.29, 1.82) is 0 Å². The van der Waals surface area contributed by atoms with Gasteiger partial charge in [0.15, 0.2) is 5.92 Å². The zero-order valence-electron chi connectivity index (χ0n) is 7.96. The lowest BCUT2D eigenvalue weighted by Gasteiger charge is -2.28. The zero-order valence-corrected chi connectivity index (χ0v) is 7.96. The lowest BCUT2D eigenvalue weighted by molar-refractivity contribution is -0.157. The Bertz CT molecular complexity index is 211. The third kappa shape index (κ3) is 3.46. The van der Waals surface area contributed by atoms with Crippen molar-refractivity contribution in [3.63, 3.8) is 0 Å². The molecular formula is C8H14O7. The van der Waals surface area contributed by atoms with E-state index in [1.807, 2.05) is 0 Å². The summed E-state index contributed by atoms with van der Waals surface area (Å²) < 4.78 is 0. The molecule has 7 nitrogen and oxygen atoms in total. The van der Waals surface area contributed by atoms with Gasteiger partial charge in [-0.2, -0.15) is 0 Å². The van der Waals surface area contributed by atoms with Gasteiger partial charge in [0.25, 0.3) is 0 Å². The fourth-order valence-electron chi connectivity index (χ4n) is 1.06. The van der Waals surface area contributed by atoms with Gasteiger partial charge in [0.1, 0.15) is 0 Å². The highest BCUT2D eigenvalue weighted by atomic mass is 16.4. The van der Waals surface area contributed by atoms with Gasteiger partial charge < -0.3 is 25.5 Å².